The Balaban J connectivity index is 1.77. The number of hydrogen-bond acceptors (Lipinski definition) is 7. The number of benzene rings is 2. The number of amides is 2. The number of fused-ring (bicyclic) bond motifs is 1. The van der Waals surface area contributed by atoms with E-state index in [9.17, 15) is 19.5 Å². The van der Waals surface area contributed by atoms with E-state index in [1.165, 1.54) is 37.5 Å². The second-order valence-electron chi connectivity index (χ2n) is 6.26. The van der Waals surface area contributed by atoms with E-state index in [-0.39, 0.29) is 28.7 Å². The van der Waals surface area contributed by atoms with Crippen LogP contribution in [-0.2, 0) is 9.59 Å². The molecule has 152 valence electrons. The molecule has 2 aliphatic heterocycles. The Morgan fingerprint density at radius 3 is 2.67 bits per heavy atom. The molecular weight excluding hydrogens is 412 g/mol. The summed E-state index contributed by atoms with van der Waals surface area (Å²) in [5, 5.41) is 11.5. The van der Waals surface area contributed by atoms with Crippen molar-refractivity contribution in [3.8, 4) is 17.2 Å². The van der Waals surface area contributed by atoms with Crippen LogP contribution in [0.5, 0.6) is 17.2 Å². The summed E-state index contributed by atoms with van der Waals surface area (Å²) in [6.45, 7) is 0.0555. The molecule has 1 saturated heterocycles. The second-order valence-corrected chi connectivity index (χ2v) is 6.65. The number of hydrogen-bond donors (Lipinski definition) is 2. The maximum absolute atomic E-state index is 13.1. The van der Waals surface area contributed by atoms with Gasteiger partial charge in [0.05, 0.1) is 18.4 Å². The van der Waals surface area contributed by atoms with E-state index in [0.29, 0.717) is 22.8 Å². The standard InChI is InChI=1S/C20H14N2O7S/c1-27-14-8-16-15(28-9-29-16)7-11(14)6-13-17(23)21-20(30)22(18(13)24)12-4-2-3-10(5-12)19(25)26/h2-8H,9H2,1H3,(H,25,26)(H,21,23,30). The highest BCUT2D eigenvalue weighted by atomic mass is 32.1. The summed E-state index contributed by atoms with van der Waals surface area (Å²) in [4.78, 5) is 38.0. The van der Waals surface area contributed by atoms with E-state index in [0.717, 1.165) is 4.90 Å². The van der Waals surface area contributed by atoms with Crippen molar-refractivity contribution in [3.63, 3.8) is 0 Å². The first-order chi connectivity index (χ1) is 14.4. The molecule has 2 aromatic rings. The summed E-state index contributed by atoms with van der Waals surface area (Å²) in [6.07, 6.45) is 1.36. The van der Waals surface area contributed by atoms with Crippen LogP contribution in [0.1, 0.15) is 15.9 Å². The number of carbonyl (C=O) groups excluding carboxylic acids is 2. The number of carbonyl (C=O) groups is 3. The summed E-state index contributed by atoms with van der Waals surface area (Å²) in [5.41, 5.74) is 0.408. The first-order valence-corrected chi connectivity index (χ1v) is 9.02. The van der Waals surface area contributed by atoms with Gasteiger partial charge in [0.25, 0.3) is 11.8 Å². The average molecular weight is 426 g/mol. The molecule has 2 heterocycles. The molecule has 0 unspecified atom stereocenters. The van der Waals surface area contributed by atoms with E-state index in [4.69, 9.17) is 26.4 Å². The molecule has 0 aromatic heterocycles. The molecule has 0 radical (unpaired) electrons. The van der Waals surface area contributed by atoms with Gasteiger partial charge in [-0.3, -0.25) is 19.8 Å². The fraction of sp³-hybridized carbons (Fsp3) is 0.100. The summed E-state index contributed by atoms with van der Waals surface area (Å²) >= 11 is 5.14. The van der Waals surface area contributed by atoms with Gasteiger partial charge in [-0.25, -0.2) is 4.79 Å². The molecule has 0 spiro atoms. The molecule has 30 heavy (non-hydrogen) atoms. The highest BCUT2D eigenvalue weighted by molar-refractivity contribution is 7.80. The lowest BCUT2D eigenvalue weighted by molar-refractivity contribution is -0.122. The SMILES string of the molecule is COc1cc2c(cc1C=C1C(=O)NC(=S)N(c3cccc(C(=O)O)c3)C1=O)OCO2. The van der Waals surface area contributed by atoms with Crippen molar-refractivity contribution in [2.75, 3.05) is 18.8 Å². The van der Waals surface area contributed by atoms with Crippen LogP contribution in [0.25, 0.3) is 6.08 Å². The Morgan fingerprint density at radius 2 is 1.97 bits per heavy atom. The Labute approximate surface area is 175 Å². The van der Waals surface area contributed by atoms with Crippen molar-refractivity contribution in [2.24, 2.45) is 0 Å². The number of aromatic carboxylic acids is 1. The van der Waals surface area contributed by atoms with Crippen LogP contribution in [0.15, 0.2) is 42.0 Å². The van der Waals surface area contributed by atoms with Crippen molar-refractivity contribution in [2.45, 2.75) is 0 Å². The van der Waals surface area contributed by atoms with Crippen molar-refractivity contribution in [1.29, 1.82) is 0 Å². The zero-order valence-electron chi connectivity index (χ0n) is 15.5. The summed E-state index contributed by atoms with van der Waals surface area (Å²) in [6, 6.07) is 8.87. The minimum Gasteiger partial charge on any atom is -0.496 e. The average Bonchev–Trinajstić information content (AvgIpc) is 3.17. The van der Waals surface area contributed by atoms with E-state index < -0.39 is 17.8 Å². The van der Waals surface area contributed by atoms with Gasteiger partial charge in [-0.1, -0.05) is 6.07 Å². The topological polar surface area (TPSA) is 114 Å². The Bertz CT molecular complexity index is 1140. The third-order valence-corrected chi connectivity index (χ3v) is 4.76. The van der Waals surface area contributed by atoms with Crippen molar-refractivity contribution < 1.29 is 33.7 Å². The minimum atomic E-state index is -1.16. The molecule has 0 bridgehead atoms. The van der Waals surface area contributed by atoms with Crippen molar-refractivity contribution in [1.82, 2.24) is 5.32 Å². The molecule has 2 aliphatic rings. The van der Waals surface area contributed by atoms with E-state index in [1.807, 2.05) is 0 Å². The summed E-state index contributed by atoms with van der Waals surface area (Å²) in [7, 11) is 1.45. The van der Waals surface area contributed by atoms with Crippen LogP contribution < -0.4 is 24.4 Å². The number of nitrogens with one attached hydrogen (secondary N) is 1. The molecule has 4 rings (SSSR count). The lowest BCUT2D eigenvalue weighted by Crippen LogP contribution is -2.54. The number of nitrogens with zero attached hydrogens (tertiary/aromatic N) is 1. The normalized spacial score (nSPS) is 16.6. The van der Waals surface area contributed by atoms with Crippen LogP contribution in [0, 0.1) is 0 Å². The number of methoxy groups -OCH3 is 1. The van der Waals surface area contributed by atoms with Crippen LogP contribution in [0.3, 0.4) is 0 Å². The molecule has 9 nitrogen and oxygen atoms in total. The van der Waals surface area contributed by atoms with Crippen LogP contribution in [0.4, 0.5) is 5.69 Å². The van der Waals surface area contributed by atoms with Crippen LogP contribution in [-0.4, -0.2) is 41.9 Å². The monoisotopic (exact) mass is 426 g/mol. The van der Waals surface area contributed by atoms with Crippen LogP contribution in [0.2, 0.25) is 0 Å². The number of anilines is 1. The van der Waals surface area contributed by atoms with Gasteiger partial charge >= 0.3 is 5.97 Å². The molecule has 1 fully saturated rings. The number of rotatable bonds is 4. The van der Waals surface area contributed by atoms with E-state index in [1.54, 1.807) is 12.1 Å². The predicted octanol–water partition coefficient (Wildman–Crippen LogP) is 1.95. The Morgan fingerprint density at radius 1 is 1.23 bits per heavy atom. The Hall–Kier alpha value is -3.92. The maximum Gasteiger partial charge on any atom is 0.335 e. The van der Waals surface area contributed by atoms with Gasteiger partial charge in [-0.2, -0.15) is 0 Å². The largest absolute Gasteiger partial charge is 0.496 e. The van der Waals surface area contributed by atoms with E-state index in [2.05, 4.69) is 5.32 Å². The predicted molar refractivity (Wildman–Crippen MR) is 109 cm³/mol. The lowest BCUT2D eigenvalue weighted by atomic mass is 10.0. The third-order valence-electron chi connectivity index (χ3n) is 4.48. The van der Waals surface area contributed by atoms with Crippen molar-refractivity contribution in [3.05, 3.63) is 53.1 Å². The molecule has 0 saturated carbocycles. The lowest BCUT2D eigenvalue weighted by Gasteiger charge is -2.29. The maximum atomic E-state index is 13.1. The number of ether oxygens (including phenoxy) is 3. The molecule has 0 atom stereocenters. The number of carboxylic acid groups (broad SMARTS) is 1. The summed E-state index contributed by atoms with van der Waals surface area (Å²) < 4.78 is 16.0. The molecule has 10 heteroatoms. The number of thiocarbonyl (C=S) groups is 1. The van der Waals surface area contributed by atoms with Crippen LogP contribution >= 0.6 is 12.2 Å². The smallest absolute Gasteiger partial charge is 0.335 e. The van der Waals surface area contributed by atoms with Gasteiger partial charge in [0, 0.05) is 11.6 Å². The first-order valence-electron chi connectivity index (χ1n) is 8.61. The molecular formula is C20H14N2O7S. The van der Waals surface area contributed by atoms with Gasteiger partial charge < -0.3 is 19.3 Å². The Kier molecular flexibility index (Phi) is 4.84. The van der Waals surface area contributed by atoms with Gasteiger partial charge in [0.2, 0.25) is 6.79 Å². The molecule has 2 amide bonds. The minimum absolute atomic E-state index is 0.0250. The first kappa shape index (κ1) is 19.4. The van der Waals surface area contributed by atoms with Gasteiger partial charge in [-0.15, -0.1) is 0 Å². The highest BCUT2D eigenvalue weighted by Gasteiger charge is 2.35. The fourth-order valence-electron chi connectivity index (χ4n) is 3.05. The van der Waals surface area contributed by atoms with E-state index >= 15 is 0 Å². The van der Waals surface area contributed by atoms with Crippen molar-refractivity contribution >= 4 is 46.9 Å². The zero-order chi connectivity index (χ0) is 21.4. The number of carboxylic acids is 1. The summed E-state index contributed by atoms with van der Waals surface area (Å²) in [5.74, 6) is -1.23. The molecule has 0 aliphatic carbocycles. The third kappa shape index (κ3) is 3.33. The molecule has 2 N–H and O–H groups in total. The van der Waals surface area contributed by atoms with Gasteiger partial charge in [0.15, 0.2) is 16.6 Å². The molecule has 2 aromatic carbocycles. The quantitative estimate of drug-likeness (QED) is 0.433. The fourth-order valence-corrected chi connectivity index (χ4v) is 3.34. The highest BCUT2D eigenvalue weighted by Crippen LogP contribution is 2.39. The van der Waals surface area contributed by atoms with Gasteiger partial charge in [-0.05, 0) is 42.6 Å². The second kappa shape index (κ2) is 7.48. The zero-order valence-corrected chi connectivity index (χ0v) is 16.3. The van der Waals surface area contributed by atoms with Gasteiger partial charge in [0.1, 0.15) is 11.3 Å².